The van der Waals surface area contributed by atoms with Crippen LogP contribution in [-0.4, -0.2) is 70.5 Å². The van der Waals surface area contributed by atoms with Crippen LogP contribution in [0.5, 0.6) is 5.06 Å². The van der Waals surface area contributed by atoms with Gasteiger partial charge in [0.05, 0.1) is 16.5 Å². The average molecular weight is 490 g/mol. The van der Waals surface area contributed by atoms with E-state index in [1.54, 1.807) is 17.0 Å². The molecule has 9 nitrogen and oxygen atoms in total. The number of hydrogen-bond acceptors (Lipinski definition) is 8. The number of rotatable bonds is 8. The van der Waals surface area contributed by atoms with Gasteiger partial charge in [-0.2, -0.15) is 0 Å². The topological polar surface area (TPSA) is 111 Å². The summed E-state index contributed by atoms with van der Waals surface area (Å²) < 4.78 is 11.7. The quantitative estimate of drug-likeness (QED) is 0.517. The number of nitrogens with two attached hydrogens (primary N) is 1. The SMILES string of the molecule is CCOC[C@H]1C(=O)N(Cc2ccc3c(N)ncnc3c2)CCN1C(=O)COc1ccc(Cl)s1. The van der Waals surface area contributed by atoms with Crippen LogP contribution < -0.4 is 10.5 Å². The molecule has 1 saturated heterocycles. The number of carbonyl (C=O) groups excluding carboxylic acids is 2. The second-order valence-electron chi connectivity index (χ2n) is 7.48. The summed E-state index contributed by atoms with van der Waals surface area (Å²) in [6, 6.07) is 8.37. The van der Waals surface area contributed by atoms with Crippen LogP contribution in [-0.2, 0) is 20.9 Å². The number of fused-ring (bicyclic) bond motifs is 1. The van der Waals surface area contributed by atoms with Crippen molar-refractivity contribution in [2.75, 3.05) is 38.6 Å². The lowest BCUT2D eigenvalue weighted by molar-refractivity contribution is -0.155. The van der Waals surface area contributed by atoms with E-state index in [1.165, 1.54) is 22.6 Å². The zero-order chi connectivity index (χ0) is 23.4. The Morgan fingerprint density at radius 3 is 2.88 bits per heavy atom. The molecule has 3 heterocycles. The third kappa shape index (κ3) is 5.35. The van der Waals surface area contributed by atoms with Crippen molar-refractivity contribution in [3.8, 4) is 5.06 Å². The maximum atomic E-state index is 13.3. The summed E-state index contributed by atoms with van der Waals surface area (Å²) in [5, 5.41) is 1.32. The van der Waals surface area contributed by atoms with Crippen molar-refractivity contribution < 1.29 is 19.1 Å². The van der Waals surface area contributed by atoms with Gasteiger partial charge in [-0.15, -0.1) is 0 Å². The van der Waals surface area contributed by atoms with Crippen molar-refractivity contribution >= 4 is 51.5 Å². The highest BCUT2D eigenvalue weighted by atomic mass is 35.5. The van der Waals surface area contributed by atoms with Gasteiger partial charge in [-0.05, 0) is 36.8 Å². The van der Waals surface area contributed by atoms with Gasteiger partial charge < -0.3 is 25.0 Å². The Bertz CT molecular complexity index is 1160. The van der Waals surface area contributed by atoms with Crippen LogP contribution in [0.1, 0.15) is 12.5 Å². The lowest BCUT2D eigenvalue weighted by atomic mass is 10.1. The number of hydrogen-bond donors (Lipinski definition) is 1. The van der Waals surface area contributed by atoms with E-state index in [-0.39, 0.29) is 25.0 Å². The first-order valence-electron chi connectivity index (χ1n) is 10.5. The molecule has 4 rings (SSSR count). The van der Waals surface area contributed by atoms with E-state index < -0.39 is 6.04 Å². The van der Waals surface area contributed by atoms with Gasteiger partial charge in [-0.25, -0.2) is 9.97 Å². The van der Waals surface area contributed by atoms with Gasteiger partial charge >= 0.3 is 0 Å². The Morgan fingerprint density at radius 1 is 1.27 bits per heavy atom. The fourth-order valence-corrected chi connectivity index (χ4v) is 4.59. The van der Waals surface area contributed by atoms with E-state index in [4.69, 9.17) is 26.8 Å². The van der Waals surface area contributed by atoms with Gasteiger partial charge in [0.2, 0.25) is 5.91 Å². The molecule has 33 heavy (non-hydrogen) atoms. The van der Waals surface area contributed by atoms with Crippen molar-refractivity contribution in [1.29, 1.82) is 0 Å². The first-order valence-corrected chi connectivity index (χ1v) is 11.7. The highest BCUT2D eigenvalue weighted by Gasteiger charge is 2.37. The molecule has 2 N–H and O–H groups in total. The molecule has 0 unspecified atom stereocenters. The zero-order valence-electron chi connectivity index (χ0n) is 18.1. The molecule has 1 aliphatic rings. The van der Waals surface area contributed by atoms with Crippen LogP contribution >= 0.6 is 22.9 Å². The number of benzene rings is 1. The Kier molecular flexibility index (Phi) is 7.26. The van der Waals surface area contributed by atoms with Crippen LogP contribution in [0.4, 0.5) is 5.82 Å². The lowest BCUT2D eigenvalue weighted by Gasteiger charge is -2.40. The summed E-state index contributed by atoms with van der Waals surface area (Å²) in [7, 11) is 0. The molecular formula is C22H24ClN5O4S. The van der Waals surface area contributed by atoms with Crippen molar-refractivity contribution in [1.82, 2.24) is 19.8 Å². The summed E-state index contributed by atoms with van der Waals surface area (Å²) in [6.45, 7) is 3.45. The largest absolute Gasteiger partial charge is 0.474 e. The van der Waals surface area contributed by atoms with E-state index in [0.717, 1.165) is 16.5 Å². The van der Waals surface area contributed by atoms with Crippen molar-refractivity contribution in [3.05, 3.63) is 46.6 Å². The molecule has 3 aromatic rings. The first kappa shape index (κ1) is 23.2. The van der Waals surface area contributed by atoms with Gasteiger partial charge in [0.1, 0.15) is 18.2 Å². The summed E-state index contributed by atoms with van der Waals surface area (Å²) in [4.78, 5) is 37.7. The third-order valence-corrected chi connectivity index (χ3v) is 6.52. The summed E-state index contributed by atoms with van der Waals surface area (Å²) in [5.41, 5.74) is 7.54. The van der Waals surface area contributed by atoms with Gasteiger partial charge in [-0.1, -0.05) is 29.0 Å². The Hall–Kier alpha value is -2.95. The summed E-state index contributed by atoms with van der Waals surface area (Å²) in [5.74, 6) is -0.0156. The molecule has 0 bridgehead atoms. The molecule has 0 spiro atoms. The molecule has 0 aliphatic carbocycles. The van der Waals surface area contributed by atoms with Gasteiger partial charge in [0.15, 0.2) is 11.7 Å². The average Bonchev–Trinajstić information content (AvgIpc) is 3.23. The molecule has 0 saturated carbocycles. The molecule has 2 amide bonds. The predicted molar refractivity (Wildman–Crippen MR) is 126 cm³/mol. The number of aromatic nitrogens is 2. The molecule has 1 aromatic carbocycles. The van der Waals surface area contributed by atoms with Gasteiger partial charge in [-0.3, -0.25) is 9.59 Å². The second kappa shape index (κ2) is 10.3. The molecule has 2 aromatic heterocycles. The minimum Gasteiger partial charge on any atom is -0.474 e. The van der Waals surface area contributed by atoms with E-state index in [2.05, 4.69) is 9.97 Å². The van der Waals surface area contributed by atoms with Crippen LogP contribution in [0.2, 0.25) is 4.34 Å². The molecule has 174 valence electrons. The smallest absolute Gasteiger partial charge is 0.261 e. The number of nitrogens with zero attached hydrogens (tertiary/aromatic N) is 4. The highest BCUT2D eigenvalue weighted by Crippen LogP contribution is 2.28. The second-order valence-corrected chi connectivity index (χ2v) is 9.16. The standard InChI is InChI=1S/C22H24ClN5O4S/c1-2-31-11-17-22(30)27(10-14-3-4-15-16(9-14)25-13-26-21(15)24)7-8-28(17)19(29)12-32-20-6-5-18(23)33-20/h3-6,9,13,17H,2,7-8,10-12H2,1H3,(H2,24,25,26)/t17-/m0/s1. The Labute approximate surface area is 200 Å². The first-order chi connectivity index (χ1) is 16.0. The molecule has 11 heteroatoms. The normalized spacial score (nSPS) is 16.4. The maximum absolute atomic E-state index is 13.3. The number of carbonyl (C=O) groups is 2. The summed E-state index contributed by atoms with van der Waals surface area (Å²) in [6.07, 6.45) is 1.42. The number of piperazine rings is 1. The molecule has 1 aliphatic heterocycles. The predicted octanol–water partition coefficient (Wildman–Crippen LogP) is 2.58. The van der Waals surface area contributed by atoms with Crippen LogP contribution in [0.25, 0.3) is 10.9 Å². The monoisotopic (exact) mass is 489 g/mol. The van der Waals surface area contributed by atoms with Gasteiger partial charge in [0, 0.05) is 31.6 Å². The van der Waals surface area contributed by atoms with Crippen molar-refractivity contribution in [2.24, 2.45) is 0 Å². The highest BCUT2D eigenvalue weighted by molar-refractivity contribution is 7.17. The molecular weight excluding hydrogens is 466 g/mol. The third-order valence-electron chi connectivity index (χ3n) is 5.38. The number of amides is 2. The molecule has 0 radical (unpaired) electrons. The molecule has 1 atom stereocenters. The number of halogens is 1. The van der Waals surface area contributed by atoms with E-state index in [0.29, 0.717) is 41.5 Å². The van der Waals surface area contributed by atoms with Crippen molar-refractivity contribution in [2.45, 2.75) is 19.5 Å². The minimum absolute atomic E-state index is 0.129. The van der Waals surface area contributed by atoms with Crippen LogP contribution in [0.3, 0.4) is 0 Å². The number of thiophene rings is 1. The van der Waals surface area contributed by atoms with Crippen LogP contribution in [0.15, 0.2) is 36.7 Å². The fraction of sp³-hybridized carbons (Fsp3) is 0.364. The Morgan fingerprint density at radius 2 is 2.12 bits per heavy atom. The molecule has 1 fully saturated rings. The number of anilines is 1. The number of ether oxygens (including phenoxy) is 2. The van der Waals surface area contributed by atoms with E-state index >= 15 is 0 Å². The van der Waals surface area contributed by atoms with E-state index in [9.17, 15) is 9.59 Å². The van der Waals surface area contributed by atoms with E-state index in [1.807, 2.05) is 25.1 Å². The van der Waals surface area contributed by atoms with Gasteiger partial charge in [0.25, 0.3) is 5.91 Å². The Balaban J connectivity index is 1.45. The van der Waals surface area contributed by atoms with Crippen LogP contribution in [0, 0.1) is 0 Å². The number of nitrogen functional groups attached to an aromatic ring is 1. The lowest BCUT2D eigenvalue weighted by Crippen LogP contribution is -2.60. The van der Waals surface area contributed by atoms with Crippen molar-refractivity contribution in [3.63, 3.8) is 0 Å². The minimum atomic E-state index is -0.708. The zero-order valence-corrected chi connectivity index (χ0v) is 19.6. The maximum Gasteiger partial charge on any atom is 0.261 e. The summed E-state index contributed by atoms with van der Waals surface area (Å²) >= 11 is 7.16. The fourth-order valence-electron chi connectivity index (χ4n) is 3.72.